The number of imide groups is 1. The van der Waals surface area contributed by atoms with Gasteiger partial charge in [-0.2, -0.15) is 10.4 Å². The van der Waals surface area contributed by atoms with Crippen LogP contribution in [0.1, 0.15) is 41.9 Å². The van der Waals surface area contributed by atoms with Gasteiger partial charge in [-0.15, -0.1) is 0 Å². The monoisotopic (exact) mass is 756 g/mol. The van der Waals surface area contributed by atoms with Gasteiger partial charge >= 0.3 is 6.03 Å². The third-order valence-corrected chi connectivity index (χ3v) is 12.4. The maximum absolute atomic E-state index is 15.6. The summed E-state index contributed by atoms with van der Waals surface area (Å²) in [5, 5.41) is 18.2. The number of carbonyl (C=O) groups is 2. The summed E-state index contributed by atoms with van der Waals surface area (Å²) in [6, 6.07) is 17.5. The third kappa shape index (κ3) is 6.01. The number of benzene rings is 3. The highest BCUT2D eigenvalue weighted by Crippen LogP contribution is 2.43. The number of rotatable bonds is 6. The van der Waals surface area contributed by atoms with E-state index in [0.717, 1.165) is 92.1 Å². The summed E-state index contributed by atoms with van der Waals surface area (Å²) in [4.78, 5) is 47.9. The molecule has 4 aliphatic heterocycles. The number of urea groups is 1. The molecular weight excluding hydrogens is 712 g/mol. The molecule has 13 nitrogen and oxygen atoms in total. The Bertz CT molecular complexity index is 2540. The predicted octanol–water partition coefficient (Wildman–Crippen LogP) is 5.09. The molecule has 14 heteroatoms. The molecule has 56 heavy (non-hydrogen) atoms. The van der Waals surface area contributed by atoms with Gasteiger partial charge in [-0.05, 0) is 92.9 Å². The van der Waals surface area contributed by atoms with E-state index in [2.05, 4.69) is 55.3 Å². The van der Waals surface area contributed by atoms with E-state index in [0.29, 0.717) is 39.9 Å². The van der Waals surface area contributed by atoms with E-state index < -0.39 is 6.03 Å². The fourth-order valence-corrected chi connectivity index (χ4v) is 9.21. The molecule has 3 saturated heterocycles. The highest BCUT2D eigenvalue weighted by molar-refractivity contribution is 6.09. The van der Waals surface area contributed by atoms with Gasteiger partial charge in [-0.1, -0.05) is 0 Å². The zero-order valence-corrected chi connectivity index (χ0v) is 32.2. The van der Waals surface area contributed by atoms with E-state index >= 15 is 4.39 Å². The Balaban J connectivity index is 0.900. The molecule has 0 aliphatic carbocycles. The number of carbonyl (C=O) groups excluding carboxylic acids is 2. The van der Waals surface area contributed by atoms with Gasteiger partial charge in [0.25, 0.3) is 5.56 Å². The molecule has 0 spiro atoms. The molecule has 0 saturated carbocycles. The topological polar surface area (TPSA) is 126 Å². The average molecular weight is 757 g/mol. The molecule has 4 aliphatic rings. The van der Waals surface area contributed by atoms with Crippen LogP contribution < -0.4 is 30.5 Å². The Labute approximate surface area is 324 Å². The van der Waals surface area contributed by atoms with Crippen LogP contribution in [-0.2, 0) is 18.9 Å². The van der Waals surface area contributed by atoms with E-state index in [9.17, 15) is 19.6 Å². The second kappa shape index (κ2) is 13.7. The van der Waals surface area contributed by atoms with Gasteiger partial charge < -0.3 is 24.2 Å². The summed E-state index contributed by atoms with van der Waals surface area (Å²) in [6.45, 7) is 8.04. The minimum atomic E-state index is -0.544. The van der Waals surface area contributed by atoms with E-state index in [1.165, 1.54) is 16.5 Å². The van der Waals surface area contributed by atoms with Gasteiger partial charge in [0, 0.05) is 89.1 Å². The first-order valence-electron chi connectivity index (χ1n) is 19.4. The Morgan fingerprint density at radius 2 is 1.62 bits per heavy atom. The number of halogens is 1. The number of pyridine rings is 1. The van der Waals surface area contributed by atoms with Crippen molar-refractivity contribution in [1.29, 1.82) is 5.26 Å². The number of likely N-dealkylation sites (tertiary alicyclic amines) is 1. The summed E-state index contributed by atoms with van der Waals surface area (Å²) in [5.74, 6) is 0.416. The summed E-state index contributed by atoms with van der Waals surface area (Å²) in [5.41, 5.74) is 7.89. The molecule has 2 aromatic heterocycles. The molecule has 0 unspecified atom stereocenters. The Morgan fingerprint density at radius 3 is 2.38 bits per heavy atom. The fraction of sp³-hybridized carbons (Fsp3) is 0.405. The van der Waals surface area contributed by atoms with Gasteiger partial charge in [-0.3, -0.25) is 24.5 Å². The largest absolute Gasteiger partial charge is 0.371 e. The number of fused-ring (bicyclic) bond motifs is 3. The molecule has 0 atom stereocenters. The molecular formula is C42H45FN10O3. The summed E-state index contributed by atoms with van der Waals surface area (Å²) < 4.78 is 19.1. The van der Waals surface area contributed by atoms with Gasteiger partial charge in [0.05, 0.1) is 45.4 Å². The zero-order valence-electron chi connectivity index (χ0n) is 32.2. The number of aryl methyl sites for hydroxylation is 3. The Morgan fingerprint density at radius 1 is 0.839 bits per heavy atom. The maximum atomic E-state index is 15.6. The van der Waals surface area contributed by atoms with Crippen molar-refractivity contribution in [1.82, 2.24) is 24.6 Å². The van der Waals surface area contributed by atoms with Crippen LogP contribution in [0.15, 0.2) is 53.3 Å². The zero-order chi connectivity index (χ0) is 39.0. The molecule has 5 aromatic rings. The molecule has 288 valence electrons. The van der Waals surface area contributed by atoms with Crippen molar-refractivity contribution in [3.05, 3.63) is 81.4 Å². The van der Waals surface area contributed by atoms with Gasteiger partial charge in [0.15, 0.2) is 5.82 Å². The molecule has 6 heterocycles. The summed E-state index contributed by atoms with van der Waals surface area (Å²) in [7, 11) is 5.72. The number of hydrogen-bond acceptors (Lipinski definition) is 9. The lowest BCUT2D eigenvalue weighted by molar-refractivity contribution is -0.120. The van der Waals surface area contributed by atoms with Crippen molar-refractivity contribution in [2.24, 2.45) is 20.0 Å². The van der Waals surface area contributed by atoms with Gasteiger partial charge in [0.1, 0.15) is 5.82 Å². The van der Waals surface area contributed by atoms with E-state index in [1.807, 2.05) is 44.3 Å². The third-order valence-electron chi connectivity index (χ3n) is 12.4. The first-order chi connectivity index (χ1) is 27.0. The number of piperidine rings is 1. The quantitative estimate of drug-likeness (QED) is 0.252. The normalized spacial score (nSPS) is 18.4. The van der Waals surface area contributed by atoms with E-state index in [4.69, 9.17) is 0 Å². The van der Waals surface area contributed by atoms with Gasteiger partial charge in [-0.25, -0.2) is 9.18 Å². The summed E-state index contributed by atoms with van der Waals surface area (Å²) >= 11 is 0. The fourth-order valence-electron chi connectivity index (χ4n) is 9.21. The van der Waals surface area contributed by atoms with Crippen LogP contribution in [0.25, 0.3) is 21.8 Å². The number of anilines is 5. The van der Waals surface area contributed by atoms with Crippen molar-refractivity contribution in [2.75, 3.05) is 79.0 Å². The molecule has 9 rings (SSSR count). The van der Waals surface area contributed by atoms with E-state index in [1.54, 1.807) is 16.3 Å². The van der Waals surface area contributed by atoms with Crippen LogP contribution in [0.2, 0.25) is 0 Å². The van der Waals surface area contributed by atoms with Crippen LogP contribution in [0, 0.1) is 30.0 Å². The molecule has 3 amide bonds. The van der Waals surface area contributed by atoms with Crippen molar-refractivity contribution >= 4 is 62.3 Å². The average Bonchev–Trinajstić information content (AvgIpc) is 3.49. The Kier molecular flexibility index (Phi) is 8.72. The van der Waals surface area contributed by atoms with Crippen LogP contribution >= 0.6 is 0 Å². The smallest absolute Gasteiger partial charge is 0.329 e. The summed E-state index contributed by atoms with van der Waals surface area (Å²) in [6.07, 6.45) is 2.16. The SMILES string of the molecule is Cc1cc2c(N3CCN(C)c4ccc(C#N)cc43)cc(C3CCN(CC4CN(c5cc6c(cc5F)c(N5CCC(=O)NC5=O)nn6C)C4)CC3)cc2n(C)c1=O. The number of likely N-dealkylation sites (N-methyl/N-ethyl adjacent to an activating group) is 1. The number of aromatic nitrogens is 3. The molecule has 1 N–H and O–H groups in total. The Hall–Kier alpha value is -5.94. The van der Waals surface area contributed by atoms with E-state index in [-0.39, 0.29) is 30.2 Å². The molecule has 3 aromatic carbocycles. The van der Waals surface area contributed by atoms with Crippen molar-refractivity contribution in [3.63, 3.8) is 0 Å². The highest BCUT2D eigenvalue weighted by atomic mass is 19.1. The number of nitrogens with one attached hydrogen (secondary N) is 1. The second-order valence-corrected chi connectivity index (χ2v) is 15.9. The number of amides is 3. The minimum absolute atomic E-state index is 0.00520. The lowest BCUT2D eigenvalue weighted by atomic mass is 9.87. The number of nitrogens with zero attached hydrogens (tertiary/aromatic N) is 9. The van der Waals surface area contributed by atoms with Gasteiger partial charge in [0.2, 0.25) is 5.91 Å². The van der Waals surface area contributed by atoms with Crippen LogP contribution in [0.4, 0.5) is 37.8 Å². The lowest BCUT2D eigenvalue weighted by Crippen LogP contribution is -2.52. The lowest BCUT2D eigenvalue weighted by Gasteiger charge is -2.44. The van der Waals surface area contributed by atoms with Crippen LogP contribution in [0.3, 0.4) is 0 Å². The standard InChI is InChI=1S/C42H45FN10O3/c1-25-15-30-34(48(3)41(25)55)17-29(18-36(30)52-14-13-47(2)33-6-5-26(21-44)16-38(33)52)28-7-10-50(11-8-28)22-27-23-51(24-27)37-20-35-31(19-32(37)43)40(46-49(35)4)53-12-9-39(54)45-42(53)56/h5-6,15-20,27-28H,7-14,22-24H2,1-4H3,(H,45,54,56). The second-order valence-electron chi connectivity index (χ2n) is 15.9. The molecule has 0 bridgehead atoms. The predicted molar refractivity (Wildman–Crippen MR) is 216 cm³/mol. The van der Waals surface area contributed by atoms with Crippen molar-refractivity contribution in [3.8, 4) is 6.07 Å². The van der Waals surface area contributed by atoms with Crippen LogP contribution in [-0.4, -0.2) is 90.6 Å². The number of hydrogen-bond donors (Lipinski definition) is 1. The van der Waals surface area contributed by atoms with Crippen LogP contribution in [0.5, 0.6) is 0 Å². The minimum Gasteiger partial charge on any atom is -0.371 e. The van der Waals surface area contributed by atoms with Crippen molar-refractivity contribution in [2.45, 2.75) is 32.1 Å². The molecule has 0 radical (unpaired) electrons. The highest BCUT2D eigenvalue weighted by Gasteiger charge is 2.34. The van der Waals surface area contributed by atoms with Crippen molar-refractivity contribution < 1.29 is 14.0 Å². The first-order valence-corrected chi connectivity index (χ1v) is 19.4. The maximum Gasteiger partial charge on any atom is 0.329 e. The molecule has 3 fully saturated rings. The number of nitriles is 1. The first kappa shape index (κ1) is 35.7.